The van der Waals surface area contributed by atoms with E-state index in [1.165, 1.54) is 4.88 Å². The summed E-state index contributed by atoms with van der Waals surface area (Å²) in [5.41, 5.74) is 1.32. The van der Waals surface area contributed by atoms with E-state index in [4.69, 9.17) is 0 Å². The zero-order valence-corrected chi connectivity index (χ0v) is 12.9. The number of aryl methyl sites for hydroxylation is 2. The van der Waals surface area contributed by atoms with Crippen LogP contribution in [0.15, 0.2) is 24.4 Å². The molecule has 1 atom stereocenters. The van der Waals surface area contributed by atoms with Gasteiger partial charge in [0.05, 0.1) is 6.10 Å². The van der Waals surface area contributed by atoms with Crippen molar-refractivity contribution in [3.63, 3.8) is 0 Å². The first-order chi connectivity index (χ1) is 8.88. The van der Waals surface area contributed by atoms with Gasteiger partial charge in [0, 0.05) is 28.7 Å². The van der Waals surface area contributed by atoms with Gasteiger partial charge in [-0.2, -0.15) is 5.10 Å². The molecular weight excluding hydrogens is 256 g/mol. The fraction of sp³-hybridized carbons (Fsp3) is 0.533. The van der Waals surface area contributed by atoms with Gasteiger partial charge in [0.25, 0.3) is 0 Å². The summed E-state index contributed by atoms with van der Waals surface area (Å²) in [6, 6.07) is 6.19. The second kappa shape index (κ2) is 5.47. The van der Waals surface area contributed by atoms with E-state index in [9.17, 15) is 5.11 Å². The molecule has 1 N–H and O–H groups in total. The van der Waals surface area contributed by atoms with Gasteiger partial charge in [0.15, 0.2) is 0 Å². The van der Waals surface area contributed by atoms with Crippen LogP contribution < -0.4 is 0 Å². The van der Waals surface area contributed by atoms with Crippen molar-refractivity contribution in [3.8, 4) is 0 Å². The third-order valence-electron chi connectivity index (χ3n) is 3.29. The molecule has 2 rings (SSSR count). The van der Waals surface area contributed by atoms with Crippen molar-refractivity contribution < 1.29 is 5.11 Å². The second-order valence-corrected chi connectivity index (χ2v) is 7.07. The topological polar surface area (TPSA) is 38.0 Å². The zero-order chi connectivity index (χ0) is 14.0. The molecule has 0 aliphatic carbocycles. The highest BCUT2D eigenvalue weighted by atomic mass is 32.1. The van der Waals surface area contributed by atoms with Gasteiger partial charge in [-0.1, -0.05) is 20.8 Å². The van der Waals surface area contributed by atoms with Crippen LogP contribution in [-0.4, -0.2) is 14.9 Å². The fourth-order valence-electron chi connectivity index (χ4n) is 2.01. The van der Waals surface area contributed by atoms with Crippen LogP contribution in [0.4, 0.5) is 0 Å². The minimum Gasteiger partial charge on any atom is -0.388 e. The van der Waals surface area contributed by atoms with Gasteiger partial charge in [-0.3, -0.25) is 4.68 Å². The van der Waals surface area contributed by atoms with E-state index < -0.39 is 0 Å². The number of aromatic nitrogens is 2. The molecule has 0 saturated heterocycles. The van der Waals surface area contributed by atoms with Crippen LogP contribution in [0.2, 0.25) is 0 Å². The molecule has 0 amide bonds. The maximum Gasteiger partial charge on any atom is 0.0885 e. The molecule has 19 heavy (non-hydrogen) atoms. The SMILES string of the molecule is Cn1nccc1CCC(O)c1ccc(C(C)(C)C)s1. The first-order valence-corrected chi connectivity index (χ1v) is 7.45. The Morgan fingerprint density at radius 2 is 2.05 bits per heavy atom. The van der Waals surface area contributed by atoms with Crippen molar-refractivity contribution in [2.75, 3.05) is 0 Å². The Labute approximate surface area is 118 Å². The second-order valence-electron chi connectivity index (χ2n) is 5.95. The fourth-order valence-corrected chi connectivity index (χ4v) is 3.09. The van der Waals surface area contributed by atoms with Crippen molar-refractivity contribution in [2.24, 2.45) is 7.05 Å². The van der Waals surface area contributed by atoms with Crippen LogP contribution in [0.3, 0.4) is 0 Å². The lowest BCUT2D eigenvalue weighted by Gasteiger charge is -2.15. The molecule has 104 valence electrons. The minimum atomic E-state index is -0.379. The molecule has 0 fully saturated rings. The van der Waals surface area contributed by atoms with E-state index in [0.717, 1.165) is 23.4 Å². The largest absolute Gasteiger partial charge is 0.388 e. The van der Waals surface area contributed by atoms with Crippen LogP contribution in [0.5, 0.6) is 0 Å². The molecule has 4 heteroatoms. The summed E-state index contributed by atoms with van der Waals surface area (Å²) >= 11 is 1.72. The van der Waals surface area contributed by atoms with Gasteiger partial charge < -0.3 is 5.11 Å². The van der Waals surface area contributed by atoms with E-state index in [1.807, 2.05) is 17.8 Å². The molecule has 2 aromatic rings. The molecule has 0 spiro atoms. The number of thiophene rings is 1. The van der Waals surface area contributed by atoms with Gasteiger partial charge in [0.1, 0.15) is 0 Å². The number of aliphatic hydroxyl groups is 1. The number of nitrogens with zero attached hydrogens (tertiary/aromatic N) is 2. The molecule has 0 aromatic carbocycles. The molecular formula is C15H22N2OS. The lowest BCUT2D eigenvalue weighted by atomic mass is 9.95. The van der Waals surface area contributed by atoms with E-state index in [2.05, 4.69) is 38.0 Å². The summed E-state index contributed by atoms with van der Waals surface area (Å²) < 4.78 is 1.86. The summed E-state index contributed by atoms with van der Waals surface area (Å²) in [4.78, 5) is 2.38. The van der Waals surface area contributed by atoms with Crippen LogP contribution in [0.25, 0.3) is 0 Å². The highest BCUT2D eigenvalue weighted by Crippen LogP contribution is 2.33. The van der Waals surface area contributed by atoms with Crippen molar-refractivity contribution in [3.05, 3.63) is 39.8 Å². The zero-order valence-electron chi connectivity index (χ0n) is 12.1. The predicted molar refractivity (Wildman–Crippen MR) is 79.5 cm³/mol. The summed E-state index contributed by atoms with van der Waals surface area (Å²) in [5, 5.41) is 14.4. The highest BCUT2D eigenvalue weighted by Gasteiger charge is 2.18. The van der Waals surface area contributed by atoms with Gasteiger partial charge in [0.2, 0.25) is 0 Å². The third kappa shape index (κ3) is 3.45. The Hall–Kier alpha value is -1.13. The number of aliphatic hydroxyl groups excluding tert-OH is 1. The van der Waals surface area contributed by atoms with Crippen LogP contribution in [-0.2, 0) is 18.9 Å². The Morgan fingerprint density at radius 1 is 1.32 bits per heavy atom. The quantitative estimate of drug-likeness (QED) is 0.930. The normalized spacial score (nSPS) is 13.7. The van der Waals surface area contributed by atoms with E-state index in [1.54, 1.807) is 17.5 Å². The van der Waals surface area contributed by atoms with Crippen molar-refractivity contribution >= 4 is 11.3 Å². The van der Waals surface area contributed by atoms with Crippen LogP contribution >= 0.6 is 11.3 Å². The lowest BCUT2D eigenvalue weighted by Crippen LogP contribution is -2.07. The summed E-state index contributed by atoms with van der Waals surface area (Å²) in [5.74, 6) is 0. The minimum absolute atomic E-state index is 0.157. The lowest BCUT2D eigenvalue weighted by molar-refractivity contribution is 0.171. The molecule has 2 heterocycles. The van der Waals surface area contributed by atoms with E-state index >= 15 is 0 Å². The molecule has 0 radical (unpaired) electrons. The van der Waals surface area contributed by atoms with Crippen LogP contribution in [0.1, 0.15) is 48.7 Å². The Morgan fingerprint density at radius 3 is 2.58 bits per heavy atom. The standard InChI is InChI=1S/C15H22N2OS/c1-15(2,3)14-8-7-13(19-14)12(18)6-5-11-9-10-16-17(11)4/h7-10,12,18H,5-6H2,1-4H3. The van der Waals surface area contributed by atoms with Crippen LogP contribution in [0, 0.1) is 0 Å². The van der Waals surface area contributed by atoms with E-state index in [0.29, 0.717) is 0 Å². The summed E-state index contributed by atoms with van der Waals surface area (Å²) in [6.45, 7) is 6.60. The molecule has 0 aliphatic rings. The molecule has 0 aliphatic heterocycles. The molecule has 0 saturated carbocycles. The van der Waals surface area contributed by atoms with Gasteiger partial charge >= 0.3 is 0 Å². The molecule has 0 bridgehead atoms. The average Bonchev–Trinajstić information content (AvgIpc) is 2.93. The maximum absolute atomic E-state index is 10.3. The predicted octanol–water partition coefficient (Wildman–Crippen LogP) is 3.45. The maximum atomic E-state index is 10.3. The highest BCUT2D eigenvalue weighted by molar-refractivity contribution is 7.12. The first-order valence-electron chi connectivity index (χ1n) is 6.63. The van der Waals surface area contributed by atoms with Gasteiger partial charge in [-0.15, -0.1) is 11.3 Å². The molecule has 2 aromatic heterocycles. The van der Waals surface area contributed by atoms with E-state index in [-0.39, 0.29) is 11.5 Å². The molecule has 3 nitrogen and oxygen atoms in total. The van der Waals surface area contributed by atoms with Crippen molar-refractivity contribution in [1.82, 2.24) is 9.78 Å². The first kappa shape index (κ1) is 14.3. The van der Waals surface area contributed by atoms with Crippen molar-refractivity contribution in [1.29, 1.82) is 0 Å². The van der Waals surface area contributed by atoms with Crippen molar-refractivity contribution in [2.45, 2.75) is 45.1 Å². The smallest absolute Gasteiger partial charge is 0.0885 e. The number of rotatable bonds is 4. The number of hydrogen-bond donors (Lipinski definition) is 1. The summed E-state index contributed by atoms with van der Waals surface area (Å²) in [7, 11) is 1.94. The third-order valence-corrected chi connectivity index (χ3v) is 4.90. The number of hydrogen-bond acceptors (Lipinski definition) is 3. The summed E-state index contributed by atoms with van der Waals surface area (Å²) in [6.07, 6.45) is 3.00. The Balaban J connectivity index is 1.98. The van der Waals surface area contributed by atoms with Gasteiger partial charge in [-0.25, -0.2) is 0 Å². The Kier molecular flexibility index (Phi) is 4.11. The monoisotopic (exact) mass is 278 g/mol. The Bertz CT molecular complexity index is 536. The van der Waals surface area contributed by atoms with Gasteiger partial charge in [-0.05, 0) is 36.5 Å². The average molecular weight is 278 g/mol. The molecule has 1 unspecified atom stereocenters.